The lowest BCUT2D eigenvalue weighted by molar-refractivity contribution is -0.127. The van der Waals surface area contributed by atoms with E-state index in [0.717, 1.165) is 11.3 Å². The number of carbonyl (C=O) groups is 1. The summed E-state index contributed by atoms with van der Waals surface area (Å²) in [4.78, 5) is 20.9. The van der Waals surface area contributed by atoms with Gasteiger partial charge in [0.05, 0.1) is 0 Å². The summed E-state index contributed by atoms with van der Waals surface area (Å²) in [5, 5.41) is 6.87. The summed E-state index contributed by atoms with van der Waals surface area (Å²) in [7, 11) is 0. The van der Waals surface area contributed by atoms with Crippen LogP contribution in [-0.2, 0) is 4.79 Å². The number of hydrogen-bond acceptors (Lipinski definition) is 5. The zero-order chi connectivity index (χ0) is 18.0. The highest BCUT2D eigenvalue weighted by Crippen LogP contribution is 2.35. The topological polar surface area (TPSA) is 80.9 Å². The van der Waals surface area contributed by atoms with E-state index in [9.17, 15) is 9.18 Å². The molecule has 1 aliphatic rings. The molecule has 1 amide bonds. The van der Waals surface area contributed by atoms with Crippen LogP contribution in [0.3, 0.4) is 0 Å². The Hall–Kier alpha value is -2.31. The highest BCUT2D eigenvalue weighted by Gasteiger charge is 2.34. The molecule has 0 spiro atoms. The normalized spacial score (nSPS) is 24.7. The Morgan fingerprint density at radius 3 is 2.84 bits per heavy atom. The van der Waals surface area contributed by atoms with E-state index in [0.29, 0.717) is 37.4 Å². The molecule has 2 aromatic heterocycles. The lowest BCUT2D eigenvalue weighted by Crippen LogP contribution is -2.37. The molecule has 1 fully saturated rings. The van der Waals surface area contributed by atoms with Crippen LogP contribution in [0.5, 0.6) is 0 Å². The standard InChI is InChI=1S/C18H23FN4O2/c1-11-10-14(6-9-20-11)15-22-17(25-23-15)12(2)21-16(24)13-4-7-18(3,19)8-5-13/h6,9-10,12-13H,4-5,7-8H2,1-3H3,(H,21,24)/t12-,13?,18?/m0/s1. The van der Waals surface area contributed by atoms with Crippen molar-refractivity contribution >= 4 is 5.91 Å². The third kappa shape index (κ3) is 4.21. The molecule has 0 saturated heterocycles. The van der Waals surface area contributed by atoms with Crippen LogP contribution in [0.4, 0.5) is 4.39 Å². The zero-order valence-electron chi connectivity index (χ0n) is 14.8. The summed E-state index contributed by atoms with van der Waals surface area (Å²) in [6, 6.07) is 3.28. The Bertz CT molecular complexity index is 749. The van der Waals surface area contributed by atoms with Gasteiger partial charge in [0.25, 0.3) is 0 Å². The minimum atomic E-state index is -1.15. The SMILES string of the molecule is Cc1cc(-c2noc([C@H](C)NC(=O)C3CCC(C)(F)CC3)n2)ccn1. The van der Waals surface area contributed by atoms with Crippen molar-refractivity contribution in [2.24, 2.45) is 5.92 Å². The molecule has 1 N–H and O–H groups in total. The van der Waals surface area contributed by atoms with Crippen LogP contribution in [0, 0.1) is 12.8 Å². The number of carbonyl (C=O) groups excluding carboxylic acids is 1. The molecule has 1 aliphatic carbocycles. The van der Waals surface area contributed by atoms with Gasteiger partial charge < -0.3 is 9.84 Å². The number of rotatable bonds is 4. The van der Waals surface area contributed by atoms with Crippen molar-refractivity contribution in [1.29, 1.82) is 0 Å². The third-order valence-electron chi connectivity index (χ3n) is 4.72. The molecule has 1 saturated carbocycles. The van der Waals surface area contributed by atoms with Crippen LogP contribution in [0.25, 0.3) is 11.4 Å². The monoisotopic (exact) mass is 346 g/mol. The number of nitrogens with one attached hydrogen (secondary N) is 1. The highest BCUT2D eigenvalue weighted by molar-refractivity contribution is 5.79. The van der Waals surface area contributed by atoms with Gasteiger partial charge in [-0.1, -0.05) is 5.16 Å². The Morgan fingerprint density at radius 2 is 2.16 bits per heavy atom. The summed E-state index contributed by atoms with van der Waals surface area (Å²) in [5.41, 5.74) is 0.532. The van der Waals surface area contributed by atoms with E-state index < -0.39 is 11.7 Å². The molecular weight excluding hydrogens is 323 g/mol. The maximum absolute atomic E-state index is 13.9. The minimum absolute atomic E-state index is 0.0810. The summed E-state index contributed by atoms with van der Waals surface area (Å²) < 4.78 is 19.1. The molecule has 2 heterocycles. The first-order valence-electron chi connectivity index (χ1n) is 8.60. The Morgan fingerprint density at radius 1 is 1.44 bits per heavy atom. The molecule has 134 valence electrons. The largest absolute Gasteiger partial charge is 0.344 e. The predicted molar refractivity (Wildman–Crippen MR) is 90.3 cm³/mol. The second-order valence-corrected chi connectivity index (χ2v) is 7.06. The summed E-state index contributed by atoms with van der Waals surface area (Å²) >= 11 is 0. The van der Waals surface area contributed by atoms with Crippen molar-refractivity contribution in [1.82, 2.24) is 20.4 Å². The van der Waals surface area contributed by atoms with Gasteiger partial charge in [0.2, 0.25) is 17.6 Å². The van der Waals surface area contributed by atoms with E-state index in [4.69, 9.17) is 4.52 Å². The summed E-state index contributed by atoms with van der Waals surface area (Å²) in [5.74, 6) is 0.579. The van der Waals surface area contributed by atoms with Gasteiger partial charge in [-0.3, -0.25) is 9.78 Å². The Labute approximate surface area is 146 Å². The van der Waals surface area contributed by atoms with Gasteiger partial charge in [-0.05, 0) is 58.6 Å². The number of pyridine rings is 1. The molecule has 25 heavy (non-hydrogen) atoms. The minimum Gasteiger partial charge on any atom is -0.344 e. The number of aryl methyl sites for hydroxylation is 1. The van der Waals surface area contributed by atoms with Gasteiger partial charge in [0.1, 0.15) is 11.7 Å². The first-order valence-corrected chi connectivity index (χ1v) is 8.60. The Balaban J connectivity index is 1.62. The van der Waals surface area contributed by atoms with Crippen LogP contribution in [0.15, 0.2) is 22.9 Å². The number of nitrogens with zero attached hydrogens (tertiary/aromatic N) is 3. The molecule has 7 heteroatoms. The fourth-order valence-corrected chi connectivity index (χ4v) is 3.09. The van der Waals surface area contributed by atoms with Gasteiger partial charge >= 0.3 is 0 Å². The van der Waals surface area contributed by atoms with E-state index in [2.05, 4.69) is 20.4 Å². The van der Waals surface area contributed by atoms with Gasteiger partial charge in [-0.15, -0.1) is 0 Å². The van der Waals surface area contributed by atoms with Crippen molar-refractivity contribution in [2.45, 2.75) is 58.2 Å². The molecule has 2 aromatic rings. The van der Waals surface area contributed by atoms with Crippen molar-refractivity contribution in [3.8, 4) is 11.4 Å². The summed E-state index contributed by atoms with van der Waals surface area (Å²) in [6.07, 6.45) is 3.67. The van der Waals surface area contributed by atoms with Crippen LogP contribution < -0.4 is 5.32 Å². The van der Waals surface area contributed by atoms with Crippen LogP contribution in [0.1, 0.15) is 57.2 Å². The van der Waals surface area contributed by atoms with E-state index in [1.165, 1.54) is 0 Å². The second kappa shape index (κ2) is 6.90. The maximum atomic E-state index is 13.9. The average Bonchev–Trinajstić information content (AvgIpc) is 3.05. The lowest BCUT2D eigenvalue weighted by atomic mass is 9.80. The fraction of sp³-hybridized carbons (Fsp3) is 0.556. The number of aromatic nitrogens is 3. The first-order chi connectivity index (χ1) is 11.8. The predicted octanol–water partition coefficient (Wildman–Crippen LogP) is 3.54. The van der Waals surface area contributed by atoms with Crippen molar-refractivity contribution in [3.05, 3.63) is 29.9 Å². The Kier molecular flexibility index (Phi) is 4.83. The molecule has 0 unspecified atom stereocenters. The van der Waals surface area contributed by atoms with E-state index in [1.807, 2.05) is 13.0 Å². The first kappa shape index (κ1) is 17.5. The third-order valence-corrected chi connectivity index (χ3v) is 4.72. The second-order valence-electron chi connectivity index (χ2n) is 7.06. The molecule has 0 radical (unpaired) electrons. The molecule has 3 rings (SSSR count). The van der Waals surface area contributed by atoms with Crippen molar-refractivity contribution in [3.63, 3.8) is 0 Å². The zero-order valence-corrected chi connectivity index (χ0v) is 14.8. The number of amides is 1. The molecule has 6 nitrogen and oxygen atoms in total. The number of halogens is 1. The lowest BCUT2D eigenvalue weighted by Gasteiger charge is -2.30. The molecular formula is C18H23FN4O2. The van der Waals surface area contributed by atoms with Crippen molar-refractivity contribution < 1.29 is 13.7 Å². The molecule has 1 atom stereocenters. The molecule has 0 aromatic carbocycles. The van der Waals surface area contributed by atoms with Crippen LogP contribution in [0.2, 0.25) is 0 Å². The van der Waals surface area contributed by atoms with Crippen molar-refractivity contribution in [2.75, 3.05) is 0 Å². The maximum Gasteiger partial charge on any atom is 0.249 e. The molecule has 0 aliphatic heterocycles. The highest BCUT2D eigenvalue weighted by atomic mass is 19.1. The van der Waals surface area contributed by atoms with Gasteiger partial charge in [-0.2, -0.15) is 4.98 Å². The van der Waals surface area contributed by atoms with Crippen LogP contribution >= 0.6 is 0 Å². The quantitative estimate of drug-likeness (QED) is 0.916. The van der Waals surface area contributed by atoms with E-state index >= 15 is 0 Å². The number of alkyl halides is 1. The number of hydrogen-bond donors (Lipinski definition) is 1. The van der Waals surface area contributed by atoms with Crippen LogP contribution in [-0.4, -0.2) is 26.7 Å². The van der Waals surface area contributed by atoms with E-state index in [-0.39, 0.29) is 11.8 Å². The summed E-state index contributed by atoms with van der Waals surface area (Å²) in [6.45, 7) is 5.29. The van der Waals surface area contributed by atoms with E-state index in [1.54, 1.807) is 26.1 Å². The average molecular weight is 346 g/mol. The fourth-order valence-electron chi connectivity index (χ4n) is 3.09. The smallest absolute Gasteiger partial charge is 0.249 e. The van der Waals surface area contributed by atoms with Gasteiger partial charge in [0.15, 0.2) is 0 Å². The van der Waals surface area contributed by atoms with Gasteiger partial charge in [-0.25, -0.2) is 4.39 Å². The molecule has 0 bridgehead atoms. The van der Waals surface area contributed by atoms with Gasteiger partial charge in [0, 0.05) is 23.4 Å².